The van der Waals surface area contributed by atoms with E-state index in [2.05, 4.69) is 0 Å². The maximum Gasteiger partial charge on any atom is 0.463 e. The molecular formula is C11H16F5NO3. The summed E-state index contributed by atoms with van der Waals surface area (Å²) in [5.74, 6) is -9.50. The lowest BCUT2D eigenvalue weighted by Gasteiger charge is -2.21. The highest BCUT2D eigenvalue weighted by Crippen LogP contribution is 2.35. The van der Waals surface area contributed by atoms with Crippen LogP contribution in [0.15, 0.2) is 0 Å². The minimum atomic E-state index is -5.94. The van der Waals surface area contributed by atoms with Gasteiger partial charge in [0.2, 0.25) is 0 Å². The van der Waals surface area contributed by atoms with E-state index >= 15 is 0 Å². The van der Waals surface area contributed by atoms with Crippen LogP contribution >= 0.6 is 0 Å². The summed E-state index contributed by atoms with van der Waals surface area (Å²) >= 11 is 0. The summed E-state index contributed by atoms with van der Waals surface area (Å²) in [5.41, 5.74) is 0. The molecule has 0 saturated heterocycles. The molecule has 0 fully saturated rings. The Hall–Kier alpha value is -1.41. The van der Waals surface area contributed by atoms with Crippen molar-refractivity contribution in [2.75, 3.05) is 0 Å². The number of nitrogens with one attached hydrogen (secondary N) is 1. The van der Waals surface area contributed by atoms with E-state index in [9.17, 15) is 31.5 Å². The van der Waals surface area contributed by atoms with E-state index in [4.69, 9.17) is 5.11 Å². The van der Waals surface area contributed by atoms with Gasteiger partial charge in [-0.2, -0.15) is 22.0 Å². The fraction of sp³-hybridized carbons (Fsp3) is 0.818. The van der Waals surface area contributed by atoms with Crippen LogP contribution in [0.2, 0.25) is 0 Å². The van der Waals surface area contributed by atoms with E-state index in [0.29, 0.717) is 0 Å². The number of aliphatic carboxylic acids is 1. The van der Waals surface area contributed by atoms with Gasteiger partial charge in [0.1, 0.15) is 0 Å². The lowest BCUT2D eigenvalue weighted by atomic mass is 10.0. The number of hydrogen-bond acceptors (Lipinski definition) is 2. The molecule has 1 amide bonds. The van der Waals surface area contributed by atoms with Crippen LogP contribution < -0.4 is 5.32 Å². The first-order chi connectivity index (χ1) is 8.89. The smallest absolute Gasteiger partial charge is 0.463 e. The van der Waals surface area contributed by atoms with Gasteiger partial charge in [-0.25, -0.2) is 0 Å². The summed E-state index contributed by atoms with van der Waals surface area (Å²) in [6, 6.07) is -0.906. The summed E-state index contributed by atoms with van der Waals surface area (Å²) in [4.78, 5) is 21.4. The topological polar surface area (TPSA) is 66.4 Å². The van der Waals surface area contributed by atoms with Crippen molar-refractivity contribution in [1.82, 2.24) is 5.32 Å². The van der Waals surface area contributed by atoms with E-state index < -0.39 is 35.9 Å². The van der Waals surface area contributed by atoms with Crippen molar-refractivity contribution >= 4 is 11.9 Å². The molecule has 0 aromatic carbocycles. The lowest BCUT2D eigenvalue weighted by molar-refractivity contribution is -0.270. The summed E-state index contributed by atoms with van der Waals surface area (Å²) < 4.78 is 61.0. The van der Waals surface area contributed by atoms with Crippen molar-refractivity contribution in [3.8, 4) is 0 Å². The SMILES string of the molecule is CC(CCCC(C)C(=O)O)NC(=O)C(F)(F)C(F)(F)F. The monoisotopic (exact) mass is 305 g/mol. The molecule has 0 aromatic rings. The summed E-state index contributed by atoms with van der Waals surface area (Å²) in [5, 5.41) is 10.2. The summed E-state index contributed by atoms with van der Waals surface area (Å²) in [7, 11) is 0. The fourth-order valence-corrected chi connectivity index (χ4v) is 1.37. The number of carbonyl (C=O) groups excluding carboxylic acids is 1. The van der Waals surface area contributed by atoms with E-state index in [1.807, 2.05) is 0 Å². The van der Waals surface area contributed by atoms with Crippen LogP contribution in [-0.4, -0.2) is 35.1 Å². The average Bonchev–Trinajstić information content (AvgIpc) is 2.26. The quantitative estimate of drug-likeness (QED) is 0.710. The first-order valence-electron chi connectivity index (χ1n) is 5.88. The average molecular weight is 305 g/mol. The Bertz CT molecular complexity index is 356. The van der Waals surface area contributed by atoms with E-state index in [-0.39, 0.29) is 19.3 Å². The molecule has 0 radical (unpaired) electrons. The second-order valence-corrected chi connectivity index (χ2v) is 4.62. The van der Waals surface area contributed by atoms with Gasteiger partial charge in [-0.15, -0.1) is 0 Å². The molecule has 0 aliphatic carbocycles. The molecule has 4 nitrogen and oxygen atoms in total. The van der Waals surface area contributed by atoms with Crippen molar-refractivity contribution in [1.29, 1.82) is 0 Å². The van der Waals surface area contributed by atoms with Crippen molar-refractivity contribution in [2.24, 2.45) is 5.92 Å². The number of carboxylic acids is 1. The maximum atomic E-state index is 12.6. The number of halogens is 5. The van der Waals surface area contributed by atoms with Crippen molar-refractivity contribution < 1.29 is 36.6 Å². The molecular weight excluding hydrogens is 289 g/mol. The van der Waals surface area contributed by atoms with Crippen molar-refractivity contribution in [3.63, 3.8) is 0 Å². The first kappa shape index (κ1) is 18.6. The molecule has 0 bridgehead atoms. The van der Waals surface area contributed by atoms with Gasteiger partial charge in [0, 0.05) is 6.04 Å². The minimum absolute atomic E-state index is 0.108. The molecule has 118 valence electrons. The maximum absolute atomic E-state index is 12.6. The Kier molecular flexibility index (Phi) is 6.36. The Morgan fingerprint density at radius 3 is 2.00 bits per heavy atom. The Morgan fingerprint density at radius 1 is 1.10 bits per heavy atom. The molecule has 0 saturated carbocycles. The van der Waals surface area contributed by atoms with Crippen LogP contribution in [-0.2, 0) is 9.59 Å². The van der Waals surface area contributed by atoms with E-state index in [1.54, 1.807) is 5.32 Å². The molecule has 0 rings (SSSR count). The lowest BCUT2D eigenvalue weighted by Crippen LogP contribution is -2.52. The second-order valence-electron chi connectivity index (χ2n) is 4.62. The first-order valence-corrected chi connectivity index (χ1v) is 5.88. The zero-order chi connectivity index (χ0) is 16.1. The van der Waals surface area contributed by atoms with Crippen molar-refractivity contribution in [2.45, 2.75) is 51.3 Å². The molecule has 0 aliphatic rings. The Morgan fingerprint density at radius 2 is 1.60 bits per heavy atom. The van der Waals surface area contributed by atoms with Crippen LogP contribution in [0.3, 0.4) is 0 Å². The number of carboxylic acid groups (broad SMARTS) is 1. The Labute approximate surface area is 112 Å². The summed E-state index contributed by atoms with van der Waals surface area (Å²) in [6.45, 7) is 2.72. The predicted octanol–water partition coefficient (Wildman–Crippen LogP) is 2.58. The molecule has 9 heteroatoms. The molecule has 20 heavy (non-hydrogen) atoms. The molecule has 0 aromatic heterocycles. The normalized spacial score (nSPS) is 15.6. The van der Waals surface area contributed by atoms with Gasteiger partial charge < -0.3 is 10.4 Å². The van der Waals surface area contributed by atoms with Gasteiger partial charge in [0.15, 0.2) is 0 Å². The van der Waals surface area contributed by atoms with E-state index in [0.717, 1.165) is 0 Å². The highest BCUT2D eigenvalue weighted by molar-refractivity contribution is 5.84. The third-order valence-electron chi connectivity index (χ3n) is 2.71. The van der Waals surface area contributed by atoms with Gasteiger partial charge in [-0.05, 0) is 19.8 Å². The van der Waals surface area contributed by atoms with E-state index in [1.165, 1.54) is 13.8 Å². The van der Waals surface area contributed by atoms with Crippen LogP contribution in [0.4, 0.5) is 22.0 Å². The van der Waals surface area contributed by atoms with Crippen LogP contribution in [0.1, 0.15) is 33.1 Å². The van der Waals surface area contributed by atoms with Gasteiger partial charge >= 0.3 is 24.0 Å². The third-order valence-corrected chi connectivity index (χ3v) is 2.71. The highest BCUT2D eigenvalue weighted by Gasteiger charge is 2.63. The zero-order valence-electron chi connectivity index (χ0n) is 10.9. The fourth-order valence-electron chi connectivity index (χ4n) is 1.37. The molecule has 2 atom stereocenters. The summed E-state index contributed by atoms with van der Waals surface area (Å²) in [6.07, 6.45) is -5.30. The van der Waals surface area contributed by atoms with Crippen LogP contribution in [0.5, 0.6) is 0 Å². The molecule has 2 N–H and O–H groups in total. The van der Waals surface area contributed by atoms with Crippen molar-refractivity contribution in [3.05, 3.63) is 0 Å². The number of rotatable bonds is 7. The van der Waals surface area contributed by atoms with Crippen LogP contribution in [0, 0.1) is 5.92 Å². The molecule has 0 heterocycles. The zero-order valence-corrected chi connectivity index (χ0v) is 10.9. The number of alkyl halides is 5. The van der Waals surface area contributed by atoms with Gasteiger partial charge in [-0.1, -0.05) is 13.3 Å². The predicted molar refractivity (Wildman–Crippen MR) is 59.3 cm³/mol. The number of hydrogen-bond donors (Lipinski definition) is 2. The highest BCUT2D eigenvalue weighted by atomic mass is 19.4. The number of amides is 1. The number of carbonyl (C=O) groups is 2. The minimum Gasteiger partial charge on any atom is -0.481 e. The van der Waals surface area contributed by atoms with Gasteiger partial charge in [0.05, 0.1) is 5.92 Å². The molecule has 0 aliphatic heterocycles. The van der Waals surface area contributed by atoms with Crippen LogP contribution in [0.25, 0.3) is 0 Å². The second kappa shape index (κ2) is 6.85. The largest absolute Gasteiger partial charge is 0.481 e. The van der Waals surface area contributed by atoms with Gasteiger partial charge in [-0.3, -0.25) is 9.59 Å². The third kappa shape index (κ3) is 5.30. The van der Waals surface area contributed by atoms with Gasteiger partial charge in [0.25, 0.3) is 0 Å². The molecule has 0 spiro atoms. The Balaban J connectivity index is 4.25. The molecule has 2 unspecified atom stereocenters. The standard InChI is InChI=1S/C11H16F5NO3/c1-6(8(18)19)4-3-5-7(2)17-9(20)10(12,13)11(14,15)16/h6-7H,3-5H2,1-2H3,(H,17,20)(H,18,19).